The van der Waals surface area contributed by atoms with Crippen LogP contribution in [-0.4, -0.2) is 56.1 Å². The summed E-state index contributed by atoms with van der Waals surface area (Å²) in [6.07, 6.45) is 4.67. The second kappa shape index (κ2) is 11.7. The Morgan fingerprint density at radius 1 is 1.09 bits per heavy atom. The summed E-state index contributed by atoms with van der Waals surface area (Å²) < 4.78 is 5.66. The molecule has 0 aromatic heterocycles. The third-order valence-corrected chi connectivity index (χ3v) is 6.12. The molecule has 1 saturated heterocycles. The Hall–Kier alpha value is -3.06. The molecule has 1 heterocycles. The number of aliphatic imine (C=N–C) groups is 1. The molecule has 0 radical (unpaired) electrons. The van der Waals surface area contributed by atoms with Gasteiger partial charge in [0.25, 0.3) is 5.91 Å². The number of carbonyl (C=O) groups excluding carboxylic acids is 1. The summed E-state index contributed by atoms with van der Waals surface area (Å²) in [6, 6.07) is 19.2. The van der Waals surface area contributed by atoms with E-state index in [1.807, 2.05) is 24.3 Å². The van der Waals surface area contributed by atoms with E-state index in [1.165, 1.54) is 18.4 Å². The minimum atomic E-state index is -0.0587. The van der Waals surface area contributed by atoms with Crippen LogP contribution in [0, 0.1) is 0 Å². The number of likely N-dealkylation sites (tertiary alicyclic amines) is 1. The summed E-state index contributed by atoms with van der Waals surface area (Å²) in [5.74, 6) is 1.41. The number of carbonyl (C=O) groups is 1. The summed E-state index contributed by atoms with van der Waals surface area (Å²) in [4.78, 5) is 18.8. The van der Waals surface area contributed by atoms with Crippen LogP contribution in [0.1, 0.15) is 42.9 Å². The van der Waals surface area contributed by atoms with E-state index in [-0.39, 0.29) is 12.5 Å². The predicted molar refractivity (Wildman–Crippen MR) is 131 cm³/mol. The number of nitrogens with zero attached hydrogens (tertiary/aromatic N) is 2. The monoisotopic (exact) mass is 449 g/mol. The molecule has 1 saturated carbocycles. The predicted octanol–water partition coefficient (Wildman–Crippen LogP) is 2.85. The summed E-state index contributed by atoms with van der Waals surface area (Å²) in [6.45, 7) is 3.74. The van der Waals surface area contributed by atoms with Crippen LogP contribution < -0.4 is 20.7 Å². The maximum Gasteiger partial charge on any atom is 0.258 e. The number of rotatable bonds is 10. The third-order valence-electron chi connectivity index (χ3n) is 6.12. The van der Waals surface area contributed by atoms with Gasteiger partial charge < -0.3 is 20.7 Å². The zero-order valence-corrected chi connectivity index (χ0v) is 19.4. The number of hydrogen-bond donors (Lipinski definition) is 3. The van der Waals surface area contributed by atoms with E-state index in [4.69, 9.17) is 4.74 Å². The van der Waals surface area contributed by atoms with Gasteiger partial charge in [-0.05, 0) is 62.0 Å². The molecule has 176 valence electrons. The van der Waals surface area contributed by atoms with Crippen LogP contribution in [0.25, 0.3) is 0 Å². The Morgan fingerprint density at radius 2 is 1.88 bits per heavy atom. The van der Waals surface area contributed by atoms with Gasteiger partial charge in [-0.2, -0.15) is 0 Å². The minimum Gasteiger partial charge on any atom is -0.484 e. The first-order chi connectivity index (χ1) is 16.2. The molecule has 4 rings (SSSR count). The number of nitrogens with one attached hydrogen (secondary N) is 3. The summed E-state index contributed by atoms with van der Waals surface area (Å²) in [5, 5.41) is 9.84. The molecular weight excluding hydrogens is 414 g/mol. The van der Waals surface area contributed by atoms with E-state index in [9.17, 15) is 4.79 Å². The van der Waals surface area contributed by atoms with Crippen molar-refractivity contribution in [1.82, 2.24) is 20.9 Å². The molecule has 0 bridgehead atoms. The topological polar surface area (TPSA) is 78.0 Å². The van der Waals surface area contributed by atoms with E-state index < -0.39 is 0 Å². The zero-order valence-electron chi connectivity index (χ0n) is 19.4. The Balaban J connectivity index is 1.27. The lowest BCUT2D eigenvalue weighted by Gasteiger charge is -2.29. The smallest absolute Gasteiger partial charge is 0.258 e. The van der Waals surface area contributed by atoms with Crippen molar-refractivity contribution in [2.24, 2.45) is 4.99 Å². The number of ether oxygens (including phenoxy) is 1. The second-order valence-electron chi connectivity index (χ2n) is 8.75. The van der Waals surface area contributed by atoms with Gasteiger partial charge in [-0.1, -0.05) is 42.5 Å². The van der Waals surface area contributed by atoms with Crippen molar-refractivity contribution in [3.63, 3.8) is 0 Å². The number of amides is 1. The SMILES string of the molecule is CN=C(NCc1cccc(OCC(=O)NC2CC2)c1)NCC(c1ccccc1)N1CCCC1. The summed E-state index contributed by atoms with van der Waals surface area (Å²) in [7, 11) is 1.79. The van der Waals surface area contributed by atoms with Gasteiger partial charge in [0.15, 0.2) is 12.6 Å². The molecule has 0 spiro atoms. The normalized spacial score (nSPS) is 17.4. The Morgan fingerprint density at radius 3 is 2.61 bits per heavy atom. The van der Waals surface area contributed by atoms with Crippen molar-refractivity contribution in [1.29, 1.82) is 0 Å². The van der Waals surface area contributed by atoms with Crippen LogP contribution >= 0.6 is 0 Å². The van der Waals surface area contributed by atoms with Gasteiger partial charge in [0.05, 0.1) is 6.04 Å². The first-order valence-electron chi connectivity index (χ1n) is 12.0. The quantitative estimate of drug-likeness (QED) is 0.384. The highest BCUT2D eigenvalue weighted by Crippen LogP contribution is 2.24. The lowest BCUT2D eigenvalue weighted by Crippen LogP contribution is -2.42. The van der Waals surface area contributed by atoms with E-state index in [1.54, 1.807) is 7.05 Å². The summed E-state index contributed by atoms with van der Waals surface area (Å²) in [5.41, 5.74) is 2.40. The van der Waals surface area contributed by atoms with Gasteiger partial charge in [0.1, 0.15) is 5.75 Å². The average molecular weight is 450 g/mol. The minimum absolute atomic E-state index is 0.0496. The lowest BCUT2D eigenvalue weighted by atomic mass is 10.1. The Labute approximate surface area is 196 Å². The first kappa shape index (κ1) is 23.1. The van der Waals surface area contributed by atoms with Crippen LogP contribution in [0.15, 0.2) is 59.6 Å². The van der Waals surface area contributed by atoms with Crippen LogP contribution in [-0.2, 0) is 11.3 Å². The largest absolute Gasteiger partial charge is 0.484 e. The van der Waals surface area contributed by atoms with E-state index in [0.717, 1.165) is 44.0 Å². The molecule has 2 fully saturated rings. The van der Waals surface area contributed by atoms with Gasteiger partial charge in [0.2, 0.25) is 0 Å². The highest BCUT2D eigenvalue weighted by Gasteiger charge is 2.24. The molecule has 1 amide bonds. The van der Waals surface area contributed by atoms with Gasteiger partial charge in [-0.25, -0.2) is 0 Å². The van der Waals surface area contributed by atoms with Crippen LogP contribution in [0.2, 0.25) is 0 Å². The zero-order chi connectivity index (χ0) is 22.9. The van der Waals surface area contributed by atoms with E-state index >= 15 is 0 Å². The van der Waals surface area contributed by atoms with Crippen molar-refractivity contribution < 1.29 is 9.53 Å². The highest BCUT2D eigenvalue weighted by atomic mass is 16.5. The fourth-order valence-corrected chi connectivity index (χ4v) is 4.18. The van der Waals surface area contributed by atoms with Gasteiger partial charge in [0, 0.05) is 26.2 Å². The van der Waals surface area contributed by atoms with E-state index in [0.29, 0.717) is 24.4 Å². The van der Waals surface area contributed by atoms with Crippen molar-refractivity contribution >= 4 is 11.9 Å². The molecular formula is C26H35N5O2. The molecule has 2 aliphatic rings. The van der Waals surface area contributed by atoms with Crippen molar-refractivity contribution in [2.45, 2.75) is 44.3 Å². The molecule has 1 unspecified atom stereocenters. The molecule has 1 aliphatic heterocycles. The second-order valence-corrected chi connectivity index (χ2v) is 8.75. The molecule has 2 aromatic rings. The number of guanidine groups is 1. The molecule has 1 aliphatic carbocycles. The molecule has 33 heavy (non-hydrogen) atoms. The van der Waals surface area contributed by atoms with Gasteiger partial charge >= 0.3 is 0 Å². The summed E-state index contributed by atoms with van der Waals surface area (Å²) >= 11 is 0. The van der Waals surface area contributed by atoms with Gasteiger partial charge in [-0.15, -0.1) is 0 Å². The van der Waals surface area contributed by atoms with Crippen LogP contribution in [0.4, 0.5) is 0 Å². The fraction of sp³-hybridized carbons (Fsp3) is 0.462. The highest BCUT2D eigenvalue weighted by molar-refractivity contribution is 5.79. The molecule has 2 aromatic carbocycles. The third kappa shape index (κ3) is 7.22. The van der Waals surface area contributed by atoms with Crippen molar-refractivity contribution in [3.8, 4) is 5.75 Å². The lowest BCUT2D eigenvalue weighted by molar-refractivity contribution is -0.123. The van der Waals surface area contributed by atoms with Crippen LogP contribution in [0.3, 0.4) is 0 Å². The van der Waals surface area contributed by atoms with Crippen LogP contribution in [0.5, 0.6) is 5.75 Å². The van der Waals surface area contributed by atoms with Crippen molar-refractivity contribution in [3.05, 3.63) is 65.7 Å². The average Bonchev–Trinajstić information content (AvgIpc) is 3.49. The maximum atomic E-state index is 11.9. The standard InChI is InChI=1S/C26H35N5O2/c1-27-26(29-18-24(31-14-5-6-15-31)21-9-3-2-4-10-21)28-17-20-8-7-11-23(16-20)33-19-25(32)30-22-12-13-22/h2-4,7-11,16,22,24H,5-6,12-15,17-19H2,1H3,(H,30,32)(H2,27,28,29). The molecule has 7 nitrogen and oxygen atoms in total. The van der Waals surface area contributed by atoms with Gasteiger partial charge in [-0.3, -0.25) is 14.7 Å². The Kier molecular flexibility index (Phi) is 8.19. The van der Waals surface area contributed by atoms with E-state index in [2.05, 4.69) is 56.2 Å². The van der Waals surface area contributed by atoms with Crippen molar-refractivity contribution in [2.75, 3.05) is 33.3 Å². The fourth-order valence-electron chi connectivity index (χ4n) is 4.18. The Bertz CT molecular complexity index is 923. The first-order valence-corrected chi connectivity index (χ1v) is 12.0. The number of hydrogen-bond acceptors (Lipinski definition) is 4. The maximum absolute atomic E-state index is 11.9. The molecule has 3 N–H and O–H groups in total. The number of benzene rings is 2. The molecule has 1 atom stereocenters. The molecule has 7 heteroatoms.